The van der Waals surface area contributed by atoms with E-state index in [4.69, 9.17) is 5.73 Å². The van der Waals surface area contributed by atoms with E-state index in [1.165, 1.54) is 0 Å². The number of carbonyl (C=O) groups is 1. The molecule has 0 aliphatic rings. The fourth-order valence-corrected chi connectivity index (χ4v) is 1.92. The van der Waals surface area contributed by atoms with Crippen LogP contribution in [0.3, 0.4) is 0 Å². The standard InChI is InChI=1S/C12H13N7O/c1-6(14-12(20)9-10(13)18-19-17-9)11-15-7-4-2-3-5-8(7)16-11/h2-6H,1H3,(H,14,20)(H,15,16)(H3,13,17,18,19). The highest BCUT2D eigenvalue weighted by atomic mass is 16.2. The number of hydrogen-bond donors (Lipinski definition) is 4. The molecule has 0 bridgehead atoms. The van der Waals surface area contributed by atoms with E-state index in [9.17, 15) is 4.79 Å². The van der Waals surface area contributed by atoms with E-state index >= 15 is 0 Å². The number of aromatic amines is 2. The van der Waals surface area contributed by atoms with Gasteiger partial charge in [0.1, 0.15) is 5.82 Å². The predicted octanol–water partition coefficient (Wildman–Crippen LogP) is 0.754. The Morgan fingerprint density at radius 3 is 2.85 bits per heavy atom. The molecule has 0 saturated heterocycles. The van der Waals surface area contributed by atoms with Crippen LogP contribution in [0.25, 0.3) is 11.0 Å². The summed E-state index contributed by atoms with van der Waals surface area (Å²) in [6.07, 6.45) is 0. The van der Waals surface area contributed by atoms with Gasteiger partial charge in [-0.2, -0.15) is 5.21 Å². The van der Waals surface area contributed by atoms with Crippen LogP contribution in [0.15, 0.2) is 24.3 Å². The molecule has 3 aromatic rings. The van der Waals surface area contributed by atoms with Gasteiger partial charge in [0.15, 0.2) is 11.5 Å². The van der Waals surface area contributed by atoms with Crippen LogP contribution in [0.4, 0.5) is 5.82 Å². The summed E-state index contributed by atoms with van der Waals surface area (Å²) in [5.74, 6) is 0.338. The molecule has 8 heteroatoms. The first-order valence-electron chi connectivity index (χ1n) is 6.07. The number of aromatic nitrogens is 5. The van der Waals surface area contributed by atoms with Crippen molar-refractivity contribution in [2.45, 2.75) is 13.0 Å². The molecule has 3 rings (SSSR count). The summed E-state index contributed by atoms with van der Waals surface area (Å²) in [5, 5.41) is 12.4. The second kappa shape index (κ2) is 4.65. The van der Waals surface area contributed by atoms with Gasteiger partial charge in [-0.15, -0.1) is 10.2 Å². The normalized spacial score (nSPS) is 12.4. The Bertz CT molecular complexity index is 727. The maximum Gasteiger partial charge on any atom is 0.276 e. The molecular formula is C12H13N7O. The molecule has 5 N–H and O–H groups in total. The fourth-order valence-electron chi connectivity index (χ4n) is 1.92. The average Bonchev–Trinajstić information content (AvgIpc) is 3.04. The van der Waals surface area contributed by atoms with Crippen LogP contribution in [0.2, 0.25) is 0 Å². The van der Waals surface area contributed by atoms with Crippen LogP contribution in [0.1, 0.15) is 29.3 Å². The number of anilines is 1. The third-order valence-electron chi connectivity index (χ3n) is 2.96. The molecule has 1 amide bonds. The van der Waals surface area contributed by atoms with E-state index in [0.29, 0.717) is 5.82 Å². The Morgan fingerprint density at radius 2 is 2.15 bits per heavy atom. The number of nitrogens with two attached hydrogens (primary N) is 1. The molecule has 1 atom stereocenters. The molecule has 20 heavy (non-hydrogen) atoms. The topological polar surface area (TPSA) is 125 Å². The molecule has 1 aromatic carbocycles. The highest BCUT2D eigenvalue weighted by molar-refractivity contribution is 5.96. The monoisotopic (exact) mass is 271 g/mol. The molecular weight excluding hydrogens is 258 g/mol. The van der Waals surface area contributed by atoms with Crippen molar-refractivity contribution >= 4 is 22.8 Å². The van der Waals surface area contributed by atoms with Crippen molar-refractivity contribution in [3.05, 3.63) is 35.8 Å². The van der Waals surface area contributed by atoms with Crippen LogP contribution < -0.4 is 11.1 Å². The number of benzene rings is 1. The number of nitrogens with one attached hydrogen (secondary N) is 3. The van der Waals surface area contributed by atoms with Gasteiger partial charge in [-0.3, -0.25) is 4.79 Å². The number of nitrogens with zero attached hydrogens (tertiary/aromatic N) is 3. The van der Waals surface area contributed by atoms with Crippen molar-refractivity contribution in [2.75, 3.05) is 5.73 Å². The summed E-state index contributed by atoms with van der Waals surface area (Å²) in [5.41, 5.74) is 7.38. The van der Waals surface area contributed by atoms with E-state index in [0.717, 1.165) is 11.0 Å². The zero-order valence-corrected chi connectivity index (χ0v) is 10.7. The third kappa shape index (κ3) is 2.07. The molecule has 0 saturated carbocycles. The Labute approximate surface area is 113 Å². The minimum atomic E-state index is -0.399. The number of nitrogen functional groups attached to an aromatic ring is 1. The van der Waals surface area contributed by atoms with E-state index in [1.54, 1.807) is 0 Å². The van der Waals surface area contributed by atoms with Gasteiger partial charge in [-0.1, -0.05) is 12.1 Å². The lowest BCUT2D eigenvalue weighted by Gasteiger charge is -2.09. The zero-order chi connectivity index (χ0) is 14.1. The van der Waals surface area contributed by atoms with Crippen molar-refractivity contribution in [1.82, 2.24) is 30.7 Å². The Balaban J connectivity index is 1.80. The van der Waals surface area contributed by atoms with Crippen molar-refractivity contribution in [1.29, 1.82) is 0 Å². The number of amides is 1. The van der Waals surface area contributed by atoms with Crippen LogP contribution >= 0.6 is 0 Å². The molecule has 0 spiro atoms. The maximum atomic E-state index is 12.0. The molecule has 8 nitrogen and oxygen atoms in total. The summed E-state index contributed by atoms with van der Waals surface area (Å²) in [4.78, 5) is 19.6. The molecule has 0 radical (unpaired) electrons. The first-order valence-corrected chi connectivity index (χ1v) is 6.07. The Morgan fingerprint density at radius 1 is 1.35 bits per heavy atom. The van der Waals surface area contributed by atoms with E-state index in [-0.39, 0.29) is 17.6 Å². The molecule has 2 aromatic heterocycles. The van der Waals surface area contributed by atoms with Gasteiger partial charge in [-0.05, 0) is 19.1 Å². The number of carbonyl (C=O) groups excluding carboxylic acids is 1. The smallest absolute Gasteiger partial charge is 0.276 e. The van der Waals surface area contributed by atoms with E-state index in [2.05, 4.69) is 30.7 Å². The summed E-state index contributed by atoms with van der Waals surface area (Å²) < 4.78 is 0. The molecule has 0 aliphatic heterocycles. The summed E-state index contributed by atoms with van der Waals surface area (Å²) in [7, 11) is 0. The van der Waals surface area contributed by atoms with E-state index < -0.39 is 5.91 Å². The van der Waals surface area contributed by atoms with Gasteiger partial charge in [-0.25, -0.2) is 4.98 Å². The van der Waals surface area contributed by atoms with Crippen LogP contribution in [-0.2, 0) is 0 Å². The van der Waals surface area contributed by atoms with Gasteiger partial charge >= 0.3 is 0 Å². The Kier molecular flexibility index (Phi) is 2.82. The average molecular weight is 271 g/mol. The number of para-hydroxylation sites is 2. The summed E-state index contributed by atoms with van der Waals surface area (Å²) in [6, 6.07) is 7.36. The van der Waals surface area contributed by atoms with Gasteiger partial charge < -0.3 is 16.0 Å². The minimum Gasteiger partial charge on any atom is -0.380 e. The summed E-state index contributed by atoms with van der Waals surface area (Å²) >= 11 is 0. The minimum absolute atomic E-state index is 0.0688. The lowest BCUT2D eigenvalue weighted by Crippen LogP contribution is -2.28. The van der Waals surface area contributed by atoms with E-state index in [1.807, 2.05) is 31.2 Å². The second-order valence-corrected chi connectivity index (χ2v) is 4.39. The van der Waals surface area contributed by atoms with Crippen LogP contribution in [-0.4, -0.2) is 31.3 Å². The SMILES string of the molecule is CC(NC(=O)c1n[nH]nc1N)c1nc2ccccc2[nH]1. The number of hydrogen-bond acceptors (Lipinski definition) is 5. The maximum absolute atomic E-state index is 12.0. The molecule has 0 fully saturated rings. The zero-order valence-electron chi connectivity index (χ0n) is 10.7. The van der Waals surface area contributed by atoms with Crippen molar-refractivity contribution in [3.63, 3.8) is 0 Å². The van der Waals surface area contributed by atoms with Gasteiger partial charge in [0.25, 0.3) is 5.91 Å². The quantitative estimate of drug-likeness (QED) is 0.559. The fraction of sp³-hybridized carbons (Fsp3) is 0.167. The number of fused-ring (bicyclic) bond motifs is 1. The van der Waals surface area contributed by atoms with Crippen molar-refractivity contribution in [2.24, 2.45) is 0 Å². The number of rotatable bonds is 3. The highest BCUT2D eigenvalue weighted by Gasteiger charge is 2.18. The van der Waals surface area contributed by atoms with Crippen LogP contribution in [0.5, 0.6) is 0 Å². The molecule has 102 valence electrons. The van der Waals surface area contributed by atoms with Gasteiger partial charge in [0, 0.05) is 0 Å². The molecule has 2 heterocycles. The largest absolute Gasteiger partial charge is 0.380 e. The molecule has 0 aliphatic carbocycles. The molecule has 1 unspecified atom stereocenters. The van der Waals surface area contributed by atoms with Crippen molar-refractivity contribution in [3.8, 4) is 0 Å². The Hall–Kier alpha value is -2.90. The first kappa shape index (κ1) is 12.2. The predicted molar refractivity (Wildman–Crippen MR) is 72.8 cm³/mol. The van der Waals surface area contributed by atoms with Gasteiger partial charge in [0.05, 0.1) is 17.1 Å². The van der Waals surface area contributed by atoms with Gasteiger partial charge in [0.2, 0.25) is 0 Å². The number of imidazole rings is 1. The first-order chi connectivity index (χ1) is 9.65. The summed E-state index contributed by atoms with van der Waals surface area (Å²) in [6.45, 7) is 1.83. The lowest BCUT2D eigenvalue weighted by atomic mass is 10.3. The second-order valence-electron chi connectivity index (χ2n) is 4.39. The van der Waals surface area contributed by atoms with Crippen molar-refractivity contribution < 1.29 is 4.79 Å². The number of H-pyrrole nitrogens is 2. The third-order valence-corrected chi connectivity index (χ3v) is 2.96. The lowest BCUT2D eigenvalue weighted by molar-refractivity contribution is 0.0934. The highest BCUT2D eigenvalue weighted by Crippen LogP contribution is 2.16. The van der Waals surface area contributed by atoms with Crippen LogP contribution in [0, 0.1) is 0 Å².